The van der Waals surface area contributed by atoms with Gasteiger partial charge in [-0.3, -0.25) is 9.48 Å². The van der Waals surface area contributed by atoms with Crippen LogP contribution in [-0.4, -0.2) is 35.9 Å². The first kappa shape index (κ1) is 19.1. The Morgan fingerprint density at radius 3 is 2.85 bits per heavy atom. The fraction of sp³-hybridized carbons (Fsp3) is 0.238. The van der Waals surface area contributed by atoms with Crippen LogP contribution < -0.4 is 5.32 Å². The molecule has 6 heteroatoms. The average molecular weight is 382 g/mol. The van der Waals surface area contributed by atoms with Crippen molar-refractivity contribution in [1.82, 2.24) is 15.1 Å². The predicted octanol–water partition coefficient (Wildman–Crippen LogP) is 3.83. The van der Waals surface area contributed by atoms with Crippen LogP contribution in [0.4, 0.5) is 0 Å². The summed E-state index contributed by atoms with van der Waals surface area (Å²) in [7, 11) is 1.65. The number of rotatable bonds is 9. The molecule has 0 atom stereocenters. The van der Waals surface area contributed by atoms with Crippen LogP contribution in [0.2, 0.25) is 0 Å². The van der Waals surface area contributed by atoms with Gasteiger partial charge in [0.15, 0.2) is 0 Å². The molecule has 0 radical (unpaired) electrons. The summed E-state index contributed by atoms with van der Waals surface area (Å²) in [5.41, 5.74) is 3.01. The van der Waals surface area contributed by atoms with Crippen molar-refractivity contribution in [3.63, 3.8) is 0 Å². The summed E-state index contributed by atoms with van der Waals surface area (Å²) in [4.78, 5) is 13.1. The number of ether oxygens (including phenoxy) is 1. The molecule has 2 heterocycles. The molecule has 0 aliphatic heterocycles. The molecule has 27 heavy (non-hydrogen) atoms. The monoisotopic (exact) mass is 381 g/mol. The average Bonchev–Trinajstić information content (AvgIpc) is 3.34. The van der Waals surface area contributed by atoms with Gasteiger partial charge in [0.25, 0.3) is 0 Å². The van der Waals surface area contributed by atoms with E-state index in [0.29, 0.717) is 19.7 Å². The second-order valence-electron chi connectivity index (χ2n) is 6.06. The highest BCUT2D eigenvalue weighted by molar-refractivity contribution is 7.13. The molecular weight excluding hydrogens is 358 g/mol. The Hall–Kier alpha value is -2.70. The number of aromatic nitrogens is 2. The number of nitrogens with zero attached hydrogens (tertiary/aromatic N) is 2. The summed E-state index contributed by atoms with van der Waals surface area (Å²) in [6, 6.07) is 14.3. The van der Waals surface area contributed by atoms with Crippen molar-refractivity contribution in [2.24, 2.45) is 0 Å². The molecule has 140 valence electrons. The molecule has 0 unspecified atom stereocenters. The molecule has 3 aromatic rings. The van der Waals surface area contributed by atoms with Gasteiger partial charge in [0.1, 0.15) is 5.69 Å². The van der Waals surface area contributed by atoms with Gasteiger partial charge in [-0.25, -0.2) is 0 Å². The minimum absolute atomic E-state index is 0.112. The van der Waals surface area contributed by atoms with Crippen molar-refractivity contribution in [2.45, 2.75) is 13.0 Å². The van der Waals surface area contributed by atoms with Gasteiger partial charge in [0.2, 0.25) is 5.91 Å². The van der Waals surface area contributed by atoms with Gasteiger partial charge in [-0.15, -0.1) is 11.3 Å². The number of hydrogen-bond donors (Lipinski definition) is 1. The Morgan fingerprint density at radius 1 is 1.26 bits per heavy atom. The lowest BCUT2D eigenvalue weighted by Gasteiger charge is -2.00. The first-order valence-corrected chi connectivity index (χ1v) is 9.74. The van der Waals surface area contributed by atoms with E-state index in [4.69, 9.17) is 9.84 Å². The van der Waals surface area contributed by atoms with Crippen molar-refractivity contribution in [3.05, 3.63) is 71.2 Å². The number of carbonyl (C=O) groups is 1. The fourth-order valence-electron chi connectivity index (χ4n) is 2.67. The van der Waals surface area contributed by atoms with E-state index < -0.39 is 0 Å². The van der Waals surface area contributed by atoms with Gasteiger partial charge in [-0.05, 0) is 29.5 Å². The van der Waals surface area contributed by atoms with Crippen LogP contribution in [0.1, 0.15) is 17.5 Å². The van der Waals surface area contributed by atoms with Gasteiger partial charge >= 0.3 is 0 Å². The van der Waals surface area contributed by atoms with E-state index in [-0.39, 0.29) is 5.91 Å². The molecule has 1 aromatic carbocycles. The summed E-state index contributed by atoms with van der Waals surface area (Å²) < 4.78 is 6.90. The van der Waals surface area contributed by atoms with Crippen molar-refractivity contribution in [3.8, 4) is 10.6 Å². The second-order valence-corrected chi connectivity index (χ2v) is 7.01. The van der Waals surface area contributed by atoms with E-state index >= 15 is 0 Å². The number of thiophene rings is 1. The van der Waals surface area contributed by atoms with Crippen LogP contribution in [-0.2, 0) is 16.1 Å². The smallest absolute Gasteiger partial charge is 0.244 e. The molecule has 2 aromatic heterocycles. The molecule has 0 aliphatic carbocycles. The molecule has 0 aliphatic rings. The second kappa shape index (κ2) is 9.85. The van der Waals surface area contributed by atoms with Crippen molar-refractivity contribution >= 4 is 23.3 Å². The maximum Gasteiger partial charge on any atom is 0.244 e. The van der Waals surface area contributed by atoms with Crippen LogP contribution in [0, 0.1) is 0 Å². The normalized spacial score (nSPS) is 11.1. The van der Waals surface area contributed by atoms with Gasteiger partial charge in [0, 0.05) is 38.1 Å². The highest BCUT2D eigenvalue weighted by Gasteiger charge is 2.11. The SMILES string of the molecule is COCCCNC(=O)/C=C/c1cn(Cc2ccccc2)nc1-c1cccs1. The third-order valence-corrected chi connectivity index (χ3v) is 4.85. The highest BCUT2D eigenvalue weighted by atomic mass is 32.1. The number of hydrogen-bond acceptors (Lipinski definition) is 4. The van der Waals surface area contributed by atoms with Crippen LogP contribution in [0.25, 0.3) is 16.6 Å². The van der Waals surface area contributed by atoms with E-state index in [9.17, 15) is 4.79 Å². The zero-order valence-corrected chi connectivity index (χ0v) is 16.1. The van der Waals surface area contributed by atoms with E-state index in [1.807, 2.05) is 52.7 Å². The molecule has 3 rings (SSSR count). The first-order valence-electron chi connectivity index (χ1n) is 8.86. The Morgan fingerprint density at radius 2 is 2.11 bits per heavy atom. The lowest BCUT2D eigenvalue weighted by molar-refractivity contribution is -0.116. The zero-order valence-electron chi connectivity index (χ0n) is 15.3. The molecule has 0 saturated carbocycles. The molecule has 0 bridgehead atoms. The minimum Gasteiger partial charge on any atom is -0.385 e. The number of nitrogens with one attached hydrogen (secondary N) is 1. The van der Waals surface area contributed by atoms with E-state index in [1.54, 1.807) is 24.5 Å². The van der Waals surface area contributed by atoms with E-state index in [1.165, 1.54) is 5.56 Å². The van der Waals surface area contributed by atoms with Gasteiger partial charge in [-0.2, -0.15) is 5.10 Å². The van der Waals surface area contributed by atoms with Crippen LogP contribution in [0.3, 0.4) is 0 Å². The summed E-state index contributed by atoms with van der Waals surface area (Å²) in [5, 5.41) is 9.63. The number of carbonyl (C=O) groups excluding carboxylic acids is 1. The van der Waals surface area contributed by atoms with Crippen LogP contribution in [0.5, 0.6) is 0 Å². The lowest BCUT2D eigenvalue weighted by atomic mass is 10.2. The summed E-state index contributed by atoms with van der Waals surface area (Å²) >= 11 is 1.64. The summed E-state index contributed by atoms with van der Waals surface area (Å²) in [6.07, 6.45) is 6.17. The predicted molar refractivity (Wildman–Crippen MR) is 110 cm³/mol. The minimum atomic E-state index is -0.112. The summed E-state index contributed by atoms with van der Waals surface area (Å²) in [6.45, 7) is 1.93. The molecule has 0 spiro atoms. The Labute approximate surface area is 163 Å². The third kappa shape index (κ3) is 5.64. The Bertz CT molecular complexity index is 870. The fourth-order valence-corrected chi connectivity index (χ4v) is 3.40. The summed E-state index contributed by atoms with van der Waals surface area (Å²) in [5.74, 6) is -0.112. The molecule has 1 N–H and O–H groups in total. The molecule has 0 saturated heterocycles. The topological polar surface area (TPSA) is 56.1 Å². The van der Waals surface area contributed by atoms with Gasteiger partial charge in [0.05, 0.1) is 11.4 Å². The van der Waals surface area contributed by atoms with E-state index in [0.717, 1.165) is 22.6 Å². The maximum atomic E-state index is 12.0. The Balaban J connectivity index is 1.74. The molecule has 0 fully saturated rings. The first-order chi connectivity index (χ1) is 13.3. The Kier molecular flexibility index (Phi) is 6.96. The number of benzene rings is 1. The quantitative estimate of drug-likeness (QED) is 0.453. The van der Waals surface area contributed by atoms with Gasteiger partial charge in [-0.1, -0.05) is 36.4 Å². The van der Waals surface area contributed by atoms with Crippen molar-refractivity contribution in [1.29, 1.82) is 0 Å². The third-order valence-electron chi connectivity index (χ3n) is 3.97. The van der Waals surface area contributed by atoms with Crippen LogP contribution in [0.15, 0.2) is 60.1 Å². The molecular formula is C21H23N3O2S. The molecule has 1 amide bonds. The van der Waals surface area contributed by atoms with E-state index in [2.05, 4.69) is 17.4 Å². The lowest BCUT2D eigenvalue weighted by Crippen LogP contribution is -2.22. The van der Waals surface area contributed by atoms with Crippen molar-refractivity contribution < 1.29 is 9.53 Å². The van der Waals surface area contributed by atoms with Crippen molar-refractivity contribution in [2.75, 3.05) is 20.3 Å². The standard InChI is InChI=1S/C21H23N3O2S/c1-26-13-6-12-22-20(25)11-10-18-16-24(15-17-7-3-2-4-8-17)23-21(18)19-9-5-14-27-19/h2-5,7-11,14,16H,6,12-13,15H2,1H3,(H,22,25)/b11-10+. The number of amides is 1. The van der Waals surface area contributed by atoms with Gasteiger partial charge < -0.3 is 10.1 Å². The zero-order chi connectivity index (χ0) is 18.9. The molecule has 5 nitrogen and oxygen atoms in total. The highest BCUT2D eigenvalue weighted by Crippen LogP contribution is 2.27. The number of methoxy groups -OCH3 is 1. The van der Waals surface area contributed by atoms with Crippen LogP contribution >= 0.6 is 11.3 Å². The largest absolute Gasteiger partial charge is 0.385 e. The maximum absolute atomic E-state index is 12.0.